The second kappa shape index (κ2) is 5.40. The first-order chi connectivity index (χ1) is 10.8. The predicted octanol–water partition coefficient (Wildman–Crippen LogP) is 4.02. The number of hydrogen-bond acceptors (Lipinski definition) is 2. The molecule has 3 nitrogen and oxygen atoms in total. The molecule has 0 spiro atoms. The zero-order valence-corrected chi connectivity index (χ0v) is 13.1. The number of carbonyl (C=O) groups is 1. The highest BCUT2D eigenvalue weighted by atomic mass is 16.2. The summed E-state index contributed by atoms with van der Waals surface area (Å²) < 4.78 is 0. The van der Waals surface area contributed by atoms with E-state index in [-0.39, 0.29) is 5.91 Å². The molecule has 2 aromatic rings. The first kappa shape index (κ1) is 13.8. The molecule has 22 heavy (non-hydrogen) atoms. The standard InChI is InChI=1S/C19H22N2O/c1-2-15-9-3-4-12-20(15)13-21-17-11-6-8-14-7-5-10-16(18(14)17)19(21)22/h5-8,10-11,15H,2-4,9,12-13H2,1H3/t15-/m0/s1. The molecule has 114 valence electrons. The minimum atomic E-state index is 0.159. The van der Waals surface area contributed by atoms with E-state index in [1.165, 1.54) is 25.7 Å². The second-order valence-corrected chi connectivity index (χ2v) is 6.43. The summed E-state index contributed by atoms with van der Waals surface area (Å²) >= 11 is 0. The summed E-state index contributed by atoms with van der Waals surface area (Å²) in [5.74, 6) is 0.159. The van der Waals surface area contributed by atoms with Gasteiger partial charge in [-0.15, -0.1) is 0 Å². The highest BCUT2D eigenvalue weighted by molar-refractivity contribution is 6.24. The second-order valence-electron chi connectivity index (χ2n) is 6.43. The maximum Gasteiger partial charge on any atom is 0.260 e. The van der Waals surface area contributed by atoms with Crippen LogP contribution >= 0.6 is 0 Å². The van der Waals surface area contributed by atoms with Crippen LogP contribution < -0.4 is 4.90 Å². The van der Waals surface area contributed by atoms with E-state index in [9.17, 15) is 4.79 Å². The maximum absolute atomic E-state index is 12.8. The number of anilines is 1. The molecule has 0 radical (unpaired) electrons. The smallest absolute Gasteiger partial charge is 0.260 e. The van der Waals surface area contributed by atoms with Gasteiger partial charge in [-0.25, -0.2) is 0 Å². The van der Waals surface area contributed by atoms with Crippen LogP contribution in [0.4, 0.5) is 5.69 Å². The lowest BCUT2D eigenvalue weighted by atomic mass is 10.0. The highest BCUT2D eigenvalue weighted by Crippen LogP contribution is 2.37. The molecule has 0 aliphatic carbocycles. The number of benzene rings is 2. The first-order valence-corrected chi connectivity index (χ1v) is 8.37. The predicted molar refractivity (Wildman–Crippen MR) is 90.3 cm³/mol. The van der Waals surface area contributed by atoms with E-state index in [0.717, 1.165) is 35.2 Å². The summed E-state index contributed by atoms with van der Waals surface area (Å²) in [6, 6.07) is 12.9. The molecule has 2 aromatic carbocycles. The Labute approximate surface area is 131 Å². The van der Waals surface area contributed by atoms with E-state index in [4.69, 9.17) is 0 Å². The van der Waals surface area contributed by atoms with Gasteiger partial charge in [-0.05, 0) is 36.8 Å². The van der Waals surface area contributed by atoms with Crippen molar-refractivity contribution in [1.82, 2.24) is 4.90 Å². The number of carbonyl (C=O) groups excluding carboxylic acids is 1. The molecular formula is C19H22N2O. The van der Waals surface area contributed by atoms with Crippen molar-refractivity contribution in [3.63, 3.8) is 0 Å². The summed E-state index contributed by atoms with van der Waals surface area (Å²) in [5.41, 5.74) is 1.94. The van der Waals surface area contributed by atoms with E-state index in [2.05, 4.69) is 36.1 Å². The quantitative estimate of drug-likeness (QED) is 0.853. The van der Waals surface area contributed by atoms with E-state index in [1.807, 2.05) is 17.0 Å². The molecule has 0 saturated carbocycles. The normalized spacial score (nSPS) is 21.8. The molecule has 1 atom stereocenters. The molecular weight excluding hydrogens is 272 g/mol. The van der Waals surface area contributed by atoms with E-state index >= 15 is 0 Å². The van der Waals surface area contributed by atoms with E-state index in [1.54, 1.807) is 0 Å². The van der Waals surface area contributed by atoms with Crippen molar-refractivity contribution < 1.29 is 4.79 Å². The number of amides is 1. The van der Waals surface area contributed by atoms with Gasteiger partial charge in [0, 0.05) is 23.5 Å². The summed E-state index contributed by atoms with van der Waals surface area (Å²) in [4.78, 5) is 17.3. The van der Waals surface area contributed by atoms with Crippen molar-refractivity contribution in [1.29, 1.82) is 0 Å². The minimum Gasteiger partial charge on any atom is -0.294 e. The average Bonchev–Trinajstić information content (AvgIpc) is 2.84. The Morgan fingerprint density at radius 2 is 1.95 bits per heavy atom. The fourth-order valence-corrected chi connectivity index (χ4v) is 4.01. The van der Waals surface area contributed by atoms with Crippen LogP contribution in [0.2, 0.25) is 0 Å². The van der Waals surface area contributed by atoms with Gasteiger partial charge in [-0.2, -0.15) is 0 Å². The Kier molecular flexibility index (Phi) is 3.38. The minimum absolute atomic E-state index is 0.159. The van der Waals surface area contributed by atoms with Gasteiger partial charge in [-0.1, -0.05) is 37.6 Å². The Hall–Kier alpha value is -1.87. The zero-order valence-electron chi connectivity index (χ0n) is 13.1. The highest BCUT2D eigenvalue weighted by Gasteiger charge is 2.32. The Morgan fingerprint density at radius 1 is 1.14 bits per heavy atom. The summed E-state index contributed by atoms with van der Waals surface area (Å²) in [6.45, 7) is 4.09. The molecule has 0 unspecified atom stereocenters. The van der Waals surface area contributed by atoms with Crippen LogP contribution in [0.1, 0.15) is 43.0 Å². The largest absolute Gasteiger partial charge is 0.294 e. The van der Waals surface area contributed by atoms with Gasteiger partial charge < -0.3 is 0 Å². The van der Waals surface area contributed by atoms with Crippen molar-refractivity contribution in [2.24, 2.45) is 0 Å². The lowest BCUT2D eigenvalue weighted by molar-refractivity contribution is 0.0935. The van der Waals surface area contributed by atoms with Crippen LogP contribution in [-0.4, -0.2) is 30.1 Å². The third-order valence-corrected chi connectivity index (χ3v) is 5.19. The molecule has 1 amide bonds. The van der Waals surface area contributed by atoms with Gasteiger partial charge in [0.15, 0.2) is 0 Å². The van der Waals surface area contributed by atoms with Gasteiger partial charge >= 0.3 is 0 Å². The van der Waals surface area contributed by atoms with Crippen molar-refractivity contribution in [3.8, 4) is 0 Å². The monoisotopic (exact) mass is 294 g/mol. The van der Waals surface area contributed by atoms with Gasteiger partial charge in [0.25, 0.3) is 5.91 Å². The molecule has 1 saturated heterocycles. The molecule has 2 aliphatic heterocycles. The third-order valence-electron chi connectivity index (χ3n) is 5.19. The van der Waals surface area contributed by atoms with Gasteiger partial charge in [0.2, 0.25) is 0 Å². The molecule has 2 aliphatic rings. The molecule has 0 aromatic heterocycles. The van der Waals surface area contributed by atoms with Crippen LogP contribution in [0.15, 0.2) is 36.4 Å². The van der Waals surface area contributed by atoms with Crippen molar-refractivity contribution in [2.75, 3.05) is 18.1 Å². The van der Waals surface area contributed by atoms with Gasteiger partial charge in [0.05, 0.1) is 12.4 Å². The first-order valence-electron chi connectivity index (χ1n) is 8.37. The Balaban J connectivity index is 1.70. The van der Waals surface area contributed by atoms with Gasteiger partial charge in [-0.3, -0.25) is 14.6 Å². The van der Waals surface area contributed by atoms with E-state index < -0.39 is 0 Å². The fourth-order valence-electron chi connectivity index (χ4n) is 4.01. The molecule has 3 heteroatoms. The molecule has 1 fully saturated rings. The summed E-state index contributed by atoms with van der Waals surface area (Å²) in [6.07, 6.45) is 4.99. The number of nitrogens with zero attached hydrogens (tertiary/aromatic N) is 2. The number of piperidine rings is 1. The summed E-state index contributed by atoms with van der Waals surface area (Å²) in [5, 5.41) is 2.29. The van der Waals surface area contributed by atoms with Crippen molar-refractivity contribution in [2.45, 2.75) is 38.6 Å². The van der Waals surface area contributed by atoms with Gasteiger partial charge in [0.1, 0.15) is 0 Å². The zero-order chi connectivity index (χ0) is 15.1. The average molecular weight is 294 g/mol. The molecule has 2 heterocycles. The van der Waals surface area contributed by atoms with Crippen LogP contribution in [0.5, 0.6) is 0 Å². The summed E-state index contributed by atoms with van der Waals surface area (Å²) in [7, 11) is 0. The SMILES string of the molecule is CC[C@H]1CCCCN1CN1C(=O)c2cccc3cccc1c23. The fraction of sp³-hybridized carbons (Fsp3) is 0.421. The van der Waals surface area contributed by atoms with Crippen molar-refractivity contribution in [3.05, 3.63) is 42.0 Å². The van der Waals surface area contributed by atoms with Crippen LogP contribution in [0.3, 0.4) is 0 Å². The van der Waals surface area contributed by atoms with Crippen molar-refractivity contribution >= 4 is 22.4 Å². The van der Waals surface area contributed by atoms with Crippen LogP contribution in [0.25, 0.3) is 10.8 Å². The molecule has 0 N–H and O–H groups in total. The third kappa shape index (κ3) is 2.03. The Bertz CT molecular complexity index is 719. The number of likely N-dealkylation sites (tertiary alicyclic amines) is 1. The Morgan fingerprint density at radius 3 is 2.77 bits per heavy atom. The number of hydrogen-bond donors (Lipinski definition) is 0. The van der Waals surface area contributed by atoms with Crippen LogP contribution in [0, 0.1) is 0 Å². The topological polar surface area (TPSA) is 23.6 Å². The molecule has 0 bridgehead atoms. The van der Waals surface area contributed by atoms with E-state index in [0.29, 0.717) is 6.04 Å². The lowest BCUT2D eigenvalue weighted by Crippen LogP contribution is -2.47. The number of rotatable bonds is 3. The molecule has 4 rings (SSSR count). The van der Waals surface area contributed by atoms with Crippen LogP contribution in [-0.2, 0) is 0 Å². The maximum atomic E-state index is 12.8. The lowest BCUT2D eigenvalue weighted by Gasteiger charge is -2.37.